The molecule has 1 aromatic rings. The molecule has 3 N–H and O–H groups in total. The summed E-state index contributed by atoms with van der Waals surface area (Å²) in [5.41, 5.74) is 0.404. The molecule has 0 spiro atoms. The number of carbonyl (C=O) groups excluding carboxylic acids is 4. The molecule has 12 nitrogen and oxygen atoms in total. The van der Waals surface area contributed by atoms with Crippen molar-refractivity contribution in [3.63, 3.8) is 0 Å². The summed E-state index contributed by atoms with van der Waals surface area (Å²) in [7, 11) is -3.85. The van der Waals surface area contributed by atoms with E-state index in [9.17, 15) is 27.6 Å². The van der Waals surface area contributed by atoms with Crippen LogP contribution >= 0.6 is 0 Å². The molecule has 50 heavy (non-hydrogen) atoms. The van der Waals surface area contributed by atoms with E-state index >= 15 is 0 Å². The number of hydrogen-bond acceptors (Lipinski definition) is 8. The van der Waals surface area contributed by atoms with E-state index in [1.165, 1.54) is 22.1 Å². The largest absolute Gasteiger partial charge is 0.450 e. The van der Waals surface area contributed by atoms with E-state index in [1.54, 1.807) is 0 Å². The van der Waals surface area contributed by atoms with Gasteiger partial charge in [0.25, 0.3) is 5.91 Å². The average molecular weight is 715 g/mol. The van der Waals surface area contributed by atoms with Gasteiger partial charge in [-0.2, -0.15) is 0 Å². The van der Waals surface area contributed by atoms with Gasteiger partial charge in [-0.3, -0.25) is 19.1 Å². The zero-order chi connectivity index (χ0) is 36.1. The fraction of sp³-hybridized carbons (Fsp3) is 0.676. The second-order valence-electron chi connectivity index (χ2n) is 15.4. The average Bonchev–Trinajstić information content (AvgIpc) is 3.99. The smallest absolute Gasteiger partial charge is 0.407 e. The number of fused-ring (bicyclic) bond motifs is 3. The number of nitrogens with one attached hydrogen (secondary N) is 3. The Balaban J connectivity index is 1.36. The fourth-order valence-corrected chi connectivity index (χ4v) is 8.44. The van der Waals surface area contributed by atoms with Crippen molar-refractivity contribution in [3.8, 4) is 0 Å². The lowest BCUT2D eigenvalue weighted by Gasteiger charge is -2.35. The van der Waals surface area contributed by atoms with Crippen LogP contribution in [-0.2, 0) is 46.7 Å². The molecular weight excluding hydrogens is 660 g/mol. The van der Waals surface area contributed by atoms with E-state index in [2.05, 4.69) is 46.2 Å². The molecule has 4 aliphatic rings. The molecule has 0 aromatic heterocycles. The number of cyclic esters (lactones) is 1. The van der Waals surface area contributed by atoms with Crippen LogP contribution in [0.2, 0.25) is 0 Å². The Morgan fingerprint density at radius 2 is 1.66 bits per heavy atom. The van der Waals surface area contributed by atoms with Crippen LogP contribution in [0.1, 0.15) is 96.1 Å². The van der Waals surface area contributed by atoms with Crippen molar-refractivity contribution in [2.45, 2.75) is 127 Å². The van der Waals surface area contributed by atoms with Crippen molar-refractivity contribution in [3.05, 3.63) is 48.0 Å². The number of aryl methyl sites for hydroxylation is 2. The van der Waals surface area contributed by atoms with E-state index in [4.69, 9.17) is 9.47 Å². The Bertz CT molecular complexity index is 1540. The minimum absolute atomic E-state index is 0.108. The Labute approximate surface area is 296 Å². The number of ether oxygens (including phenoxy) is 2. The maximum atomic E-state index is 14.3. The van der Waals surface area contributed by atoms with E-state index in [1.807, 2.05) is 20.8 Å². The van der Waals surface area contributed by atoms with E-state index in [-0.39, 0.29) is 26.0 Å². The van der Waals surface area contributed by atoms with Crippen LogP contribution in [0.3, 0.4) is 0 Å². The molecule has 3 fully saturated rings. The molecule has 2 aliphatic heterocycles. The number of benzene rings is 1. The topological polar surface area (TPSA) is 160 Å². The van der Waals surface area contributed by atoms with Crippen molar-refractivity contribution >= 4 is 33.8 Å². The first-order valence-corrected chi connectivity index (χ1v) is 19.7. The summed E-state index contributed by atoms with van der Waals surface area (Å²) in [4.78, 5) is 56.1. The van der Waals surface area contributed by atoms with Gasteiger partial charge in [-0.05, 0) is 67.9 Å². The second kappa shape index (κ2) is 15.8. The summed E-state index contributed by atoms with van der Waals surface area (Å²) < 4.78 is 39.2. The molecule has 5 atom stereocenters. The SMILES string of the molecule is C=C[C@@H]1C[C@]1(NC(=O)[C@@H]1C[C@@H]2CN1C(=O)[C@H](C(C)(C)C)NC(=O)OCCCCCCCc1ccccc1CCCO2)C(=O)NS(=O)(=O)C1CC1. The highest BCUT2D eigenvalue weighted by molar-refractivity contribution is 7.91. The van der Waals surface area contributed by atoms with Crippen LogP contribution in [0.5, 0.6) is 0 Å². The Morgan fingerprint density at radius 1 is 1.00 bits per heavy atom. The molecule has 2 saturated carbocycles. The Kier molecular flexibility index (Phi) is 12.0. The van der Waals surface area contributed by atoms with Crippen molar-refractivity contribution in [1.29, 1.82) is 0 Å². The number of nitrogens with zero attached hydrogens (tertiary/aromatic N) is 1. The molecule has 5 rings (SSSR count). The van der Waals surface area contributed by atoms with Gasteiger partial charge in [0.15, 0.2) is 0 Å². The maximum absolute atomic E-state index is 14.3. The van der Waals surface area contributed by atoms with E-state index in [0.29, 0.717) is 25.9 Å². The monoisotopic (exact) mass is 714 g/mol. The predicted molar refractivity (Wildman–Crippen MR) is 188 cm³/mol. The zero-order valence-corrected chi connectivity index (χ0v) is 30.5. The maximum Gasteiger partial charge on any atom is 0.407 e. The molecule has 1 saturated heterocycles. The van der Waals surface area contributed by atoms with Crippen LogP contribution in [0.15, 0.2) is 36.9 Å². The lowest BCUT2D eigenvalue weighted by molar-refractivity contribution is -0.143. The molecule has 4 amide bonds. The minimum atomic E-state index is -3.85. The molecule has 2 bridgehead atoms. The van der Waals surface area contributed by atoms with E-state index < -0.39 is 74.1 Å². The van der Waals surface area contributed by atoms with Gasteiger partial charge in [-0.15, -0.1) is 6.58 Å². The van der Waals surface area contributed by atoms with Gasteiger partial charge in [0.1, 0.15) is 17.6 Å². The van der Waals surface area contributed by atoms with Gasteiger partial charge in [-0.25, -0.2) is 13.2 Å². The van der Waals surface area contributed by atoms with E-state index in [0.717, 1.165) is 44.9 Å². The lowest BCUT2D eigenvalue weighted by atomic mass is 9.85. The summed E-state index contributed by atoms with van der Waals surface area (Å²) in [6.07, 6.45) is 9.14. The molecule has 276 valence electrons. The van der Waals surface area contributed by atoms with Gasteiger partial charge >= 0.3 is 6.09 Å². The summed E-state index contributed by atoms with van der Waals surface area (Å²) in [6, 6.07) is 6.42. The van der Waals surface area contributed by atoms with Gasteiger partial charge in [0, 0.05) is 25.5 Å². The number of alkyl carbamates (subject to hydrolysis) is 1. The minimum Gasteiger partial charge on any atom is -0.450 e. The predicted octanol–water partition coefficient (Wildman–Crippen LogP) is 3.92. The molecular formula is C37H54N4O8S. The quantitative estimate of drug-likeness (QED) is 0.374. The zero-order valence-electron chi connectivity index (χ0n) is 29.7. The Hall–Kier alpha value is -3.45. The molecule has 2 aliphatic carbocycles. The first-order chi connectivity index (χ1) is 23.7. The van der Waals surface area contributed by atoms with Gasteiger partial charge < -0.3 is 25.0 Å². The third kappa shape index (κ3) is 9.25. The summed E-state index contributed by atoms with van der Waals surface area (Å²) in [5.74, 6) is -2.33. The van der Waals surface area contributed by atoms with Gasteiger partial charge in [0.2, 0.25) is 21.8 Å². The first kappa shape index (κ1) is 37.8. The van der Waals surface area contributed by atoms with Gasteiger partial charge in [0.05, 0.1) is 18.0 Å². The number of amides is 4. The highest BCUT2D eigenvalue weighted by atomic mass is 32.2. The van der Waals surface area contributed by atoms with Crippen LogP contribution in [0, 0.1) is 11.3 Å². The molecule has 0 unspecified atom stereocenters. The third-order valence-corrected chi connectivity index (χ3v) is 12.2. The fourth-order valence-electron chi connectivity index (χ4n) is 7.07. The molecule has 0 radical (unpaired) electrons. The molecule has 13 heteroatoms. The summed E-state index contributed by atoms with van der Waals surface area (Å²) in [6.45, 7) is 10.0. The molecule has 1 aromatic carbocycles. The van der Waals surface area contributed by atoms with Crippen molar-refractivity contribution in [1.82, 2.24) is 20.3 Å². The standard InChI is InChI=1S/C37H54N4O8S/c1-5-27-23-37(27,34(44)40-50(46,47)29-18-19-29)39-32(42)30-22-28-24-41(30)33(43)31(36(2,3)4)38-35(45)49-20-12-8-6-7-9-14-25-15-10-11-16-26(25)17-13-21-48-28/h5,10-11,15-16,27-31H,1,6-9,12-14,17-24H2,2-4H3,(H,38,45)(H,39,42)(H,40,44)/t27-,28-,30+,31-,37-/m1/s1. The number of sulfonamides is 1. The summed E-state index contributed by atoms with van der Waals surface area (Å²) in [5, 5.41) is 4.96. The first-order valence-electron chi connectivity index (χ1n) is 18.2. The molecule has 2 heterocycles. The normalized spacial score (nSPS) is 29.0. The highest BCUT2D eigenvalue weighted by Crippen LogP contribution is 2.45. The van der Waals surface area contributed by atoms with Crippen molar-refractivity contribution in [2.75, 3.05) is 19.8 Å². The summed E-state index contributed by atoms with van der Waals surface area (Å²) >= 11 is 0. The number of rotatable bonds is 6. The third-order valence-electron chi connectivity index (χ3n) is 10.4. The Morgan fingerprint density at radius 3 is 2.30 bits per heavy atom. The van der Waals surface area contributed by atoms with Crippen LogP contribution in [0.25, 0.3) is 0 Å². The second-order valence-corrected chi connectivity index (χ2v) is 17.3. The van der Waals surface area contributed by atoms with Crippen LogP contribution < -0.4 is 15.4 Å². The van der Waals surface area contributed by atoms with Crippen molar-refractivity contribution in [2.24, 2.45) is 11.3 Å². The highest BCUT2D eigenvalue weighted by Gasteiger charge is 2.62. The van der Waals surface area contributed by atoms with Crippen molar-refractivity contribution < 1.29 is 37.1 Å². The van der Waals surface area contributed by atoms with Gasteiger partial charge in [-0.1, -0.05) is 70.4 Å². The van der Waals surface area contributed by atoms with Crippen LogP contribution in [0.4, 0.5) is 4.79 Å². The number of carbonyl (C=O) groups is 4. The lowest BCUT2D eigenvalue weighted by Crippen LogP contribution is -2.60. The number of hydrogen-bond donors (Lipinski definition) is 3. The van der Waals surface area contributed by atoms with Crippen LogP contribution in [-0.4, -0.2) is 85.9 Å².